The van der Waals surface area contributed by atoms with Gasteiger partial charge >= 0.3 is 11.8 Å². The molecule has 7 nitrogen and oxygen atoms in total. The van der Waals surface area contributed by atoms with Crippen LogP contribution >= 0.6 is 0 Å². The van der Waals surface area contributed by atoms with Gasteiger partial charge in [-0.15, -0.1) is 0 Å². The second-order valence-corrected chi connectivity index (χ2v) is 6.49. The van der Waals surface area contributed by atoms with Crippen molar-refractivity contribution < 1.29 is 14.4 Å². The highest BCUT2D eigenvalue weighted by molar-refractivity contribution is 6.34. The van der Waals surface area contributed by atoms with Crippen molar-refractivity contribution in [3.63, 3.8) is 0 Å². The number of carbonyl (C=O) groups is 3. The second-order valence-electron chi connectivity index (χ2n) is 6.49. The van der Waals surface area contributed by atoms with Crippen molar-refractivity contribution in [3.05, 3.63) is 35.9 Å². The third-order valence-electron chi connectivity index (χ3n) is 4.84. The van der Waals surface area contributed by atoms with E-state index < -0.39 is 11.8 Å². The number of rotatable bonds is 3. The summed E-state index contributed by atoms with van der Waals surface area (Å²) in [7, 11) is 0. The van der Waals surface area contributed by atoms with Crippen molar-refractivity contribution in [1.82, 2.24) is 19.6 Å². The van der Waals surface area contributed by atoms with Crippen molar-refractivity contribution in [3.8, 4) is 0 Å². The fourth-order valence-corrected chi connectivity index (χ4v) is 3.25. The maximum absolute atomic E-state index is 12.4. The van der Waals surface area contributed by atoms with Gasteiger partial charge < -0.3 is 14.7 Å². The molecule has 0 bridgehead atoms. The third-order valence-corrected chi connectivity index (χ3v) is 4.84. The van der Waals surface area contributed by atoms with Crippen molar-refractivity contribution >= 4 is 18.2 Å². The Balaban J connectivity index is 1.46. The molecule has 2 aliphatic rings. The zero-order chi connectivity index (χ0) is 17.6. The first-order chi connectivity index (χ1) is 12.2. The van der Waals surface area contributed by atoms with Crippen molar-refractivity contribution in [1.29, 1.82) is 0 Å². The first-order valence-electron chi connectivity index (χ1n) is 8.71. The molecule has 0 saturated carbocycles. The molecule has 3 rings (SSSR count). The van der Waals surface area contributed by atoms with E-state index in [1.807, 2.05) is 18.2 Å². The van der Waals surface area contributed by atoms with Crippen LogP contribution in [0.5, 0.6) is 0 Å². The molecular formula is C18H24N4O3. The minimum Gasteiger partial charge on any atom is -0.342 e. The molecule has 25 heavy (non-hydrogen) atoms. The molecule has 0 N–H and O–H groups in total. The van der Waals surface area contributed by atoms with E-state index in [0.29, 0.717) is 39.3 Å². The molecule has 134 valence electrons. The summed E-state index contributed by atoms with van der Waals surface area (Å²) in [6, 6.07) is 10.2. The summed E-state index contributed by atoms with van der Waals surface area (Å²) in [5, 5.41) is 0. The summed E-state index contributed by atoms with van der Waals surface area (Å²) in [5.74, 6) is -0.860. The molecule has 7 heteroatoms. The van der Waals surface area contributed by atoms with Crippen LogP contribution in [0.15, 0.2) is 30.3 Å². The van der Waals surface area contributed by atoms with Crippen LogP contribution in [0.2, 0.25) is 0 Å². The Kier molecular flexibility index (Phi) is 5.65. The van der Waals surface area contributed by atoms with E-state index in [1.165, 1.54) is 5.56 Å². The van der Waals surface area contributed by atoms with Crippen molar-refractivity contribution in [2.45, 2.75) is 6.54 Å². The summed E-state index contributed by atoms with van der Waals surface area (Å²) in [4.78, 5) is 42.7. The average Bonchev–Trinajstić information content (AvgIpc) is 2.68. The SMILES string of the molecule is O=CN1CCN(C(=O)C(=O)N2CCN(Cc3ccccc3)CC2)CC1. The Hall–Kier alpha value is -2.41. The van der Waals surface area contributed by atoms with E-state index >= 15 is 0 Å². The quantitative estimate of drug-likeness (QED) is 0.554. The van der Waals surface area contributed by atoms with E-state index in [2.05, 4.69) is 17.0 Å². The van der Waals surface area contributed by atoms with Gasteiger partial charge in [-0.25, -0.2) is 0 Å². The van der Waals surface area contributed by atoms with E-state index in [1.54, 1.807) is 14.7 Å². The fraction of sp³-hybridized carbons (Fsp3) is 0.500. The van der Waals surface area contributed by atoms with E-state index in [9.17, 15) is 14.4 Å². The molecular weight excluding hydrogens is 320 g/mol. The Morgan fingerprint density at radius 3 is 1.84 bits per heavy atom. The van der Waals surface area contributed by atoms with Gasteiger partial charge in [0.15, 0.2) is 0 Å². The summed E-state index contributed by atoms with van der Waals surface area (Å²) < 4.78 is 0. The average molecular weight is 344 g/mol. The Morgan fingerprint density at radius 1 is 0.800 bits per heavy atom. The summed E-state index contributed by atoms with van der Waals surface area (Å²) >= 11 is 0. The lowest BCUT2D eigenvalue weighted by Gasteiger charge is -2.37. The molecule has 3 amide bonds. The maximum atomic E-state index is 12.4. The highest BCUT2D eigenvalue weighted by Gasteiger charge is 2.31. The predicted molar refractivity (Wildman–Crippen MR) is 92.5 cm³/mol. The molecule has 0 spiro atoms. The van der Waals surface area contributed by atoms with Crippen LogP contribution in [-0.4, -0.2) is 90.2 Å². The number of benzene rings is 1. The lowest BCUT2D eigenvalue weighted by atomic mass is 10.2. The highest BCUT2D eigenvalue weighted by Crippen LogP contribution is 2.10. The first kappa shape index (κ1) is 17.4. The Labute approximate surface area is 147 Å². The smallest absolute Gasteiger partial charge is 0.312 e. The van der Waals surface area contributed by atoms with Gasteiger partial charge in [-0.05, 0) is 5.56 Å². The lowest BCUT2D eigenvalue weighted by Crippen LogP contribution is -2.56. The Morgan fingerprint density at radius 2 is 1.32 bits per heavy atom. The monoisotopic (exact) mass is 344 g/mol. The van der Waals surface area contributed by atoms with Crippen LogP contribution in [0.4, 0.5) is 0 Å². The van der Waals surface area contributed by atoms with E-state index in [-0.39, 0.29) is 0 Å². The lowest BCUT2D eigenvalue weighted by molar-refractivity contribution is -0.154. The number of amides is 3. The molecule has 0 aliphatic carbocycles. The molecule has 1 aromatic rings. The van der Waals surface area contributed by atoms with Crippen LogP contribution in [-0.2, 0) is 20.9 Å². The van der Waals surface area contributed by atoms with Crippen LogP contribution in [0, 0.1) is 0 Å². The van der Waals surface area contributed by atoms with Crippen LogP contribution < -0.4 is 0 Å². The number of nitrogens with zero attached hydrogens (tertiary/aromatic N) is 4. The number of hydrogen-bond donors (Lipinski definition) is 0. The highest BCUT2D eigenvalue weighted by atomic mass is 16.2. The molecule has 0 atom stereocenters. The molecule has 0 unspecified atom stereocenters. The zero-order valence-corrected chi connectivity index (χ0v) is 14.3. The molecule has 1 aromatic carbocycles. The van der Waals surface area contributed by atoms with Gasteiger partial charge in [-0.1, -0.05) is 30.3 Å². The van der Waals surface area contributed by atoms with Crippen molar-refractivity contribution in [2.24, 2.45) is 0 Å². The summed E-state index contributed by atoms with van der Waals surface area (Å²) in [6.07, 6.45) is 0.787. The largest absolute Gasteiger partial charge is 0.342 e. The summed E-state index contributed by atoms with van der Waals surface area (Å²) in [5.41, 5.74) is 1.26. The maximum Gasteiger partial charge on any atom is 0.312 e. The fourth-order valence-electron chi connectivity index (χ4n) is 3.25. The second kappa shape index (κ2) is 8.11. The van der Waals surface area contributed by atoms with Gasteiger partial charge in [0.2, 0.25) is 6.41 Å². The van der Waals surface area contributed by atoms with Gasteiger partial charge in [-0.3, -0.25) is 19.3 Å². The van der Waals surface area contributed by atoms with Crippen molar-refractivity contribution in [2.75, 3.05) is 52.4 Å². The first-order valence-corrected chi connectivity index (χ1v) is 8.71. The number of hydrogen-bond acceptors (Lipinski definition) is 4. The molecule has 2 fully saturated rings. The molecule has 0 radical (unpaired) electrons. The molecule has 2 heterocycles. The molecule has 2 aliphatic heterocycles. The third kappa shape index (κ3) is 4.36. The van der Waals surface area contributed by atoms with E-state index in [0.717, 1.165) is 26.0 Å². The van der Waals surface area contributed by atoms with E-state index in [4.69, 9.17) is 0 Å². The van der Waals surface area contributed by atoms with Gasteiger partial charge in [0.25, 0.3) is 0 Å². The van der Waals surface area contributed by atoms with Gasteiger partial charge in [0, 0.05) is 58.9 Å². The Bertz CT molecular complexity index is 606. The van der Waals surface area contributed by atoms with Crippen LogP contribution in [0.1, 0.15) is 5.56 Å². The molecule has 2 saturated heterocycles. The van der Waals surface area contributed by atoms with Gasteiger partial charge in [0.1, 0.15) is 0 Å². The zero-order valence-electron chi connectivity index (χ0n) is 14.3. The van der Waals surface area contributed by atoms with Gasteiger partial charge in [0.05, 0.1) is 0 Å². The topological polar surface area (TPSA) is 64.2 Å². The minimum absolute atomic E-state index is 0.418. The summed E-state index contributed by atoms with van der Waals surface area (Å²) in [6.45, 7) is 5.40. The predicted octanol–water partition coefficient (Wildman–Crippen LogP) is -0.369. The number of carbonyl (C=O) groups excluding carboxylic acids is 3. The standard InChI is InChI=1S/C18H24N4O3/c23-15-20-8-12-22(13-9-20)18(25)17(24)21-10-6-19(7-11-21)14-16-4-2-1-3-5-16/h1-5,15H,6-14H2. The van der Waals surface area contributed by atoms with Crippen LogP contribution in [0.3, 0.4) is 0 Å². The number of piperazine rings is 2. The minimum atomic E-state index is -0.443. The van der Waals surface area contributed by atoms with Gasteiger partial charge in [-0.2, -0.15) is 0 Å². The molecule has 0 aromatic heterocycles. The normalized spacial score (nSPS) is 19.0. The van der Waals surface area contributed by atoms with Crippen LogP contribution in [0.25, 0.3) is 0 Å².